The molecule has 1 atom stereocenters. The van der Waals surface area contributed by atoms with E-state index in [2.05, 4.69) is 39.5 Å². The van der Waals surface area contributed by atoms with Gasteiger partial charge in [0.05, 0.1) is 28.7 Å². The Morgan fingerprint density at radius 2 is 2.09 bits per heavy atom. The molecule has 0 N–H and O–H groups in total. The summed E-state index contributed by atoms with van der Waals surface area (Å²) in [5, 5.41) is 0. The lowest BCUT2D eigenvalue weighted by Crippen LogP contribution is -2.53. The maximum absolute atomic E-state index is 14.8. The van der Waals surface area contributed by atoms with Gasteiger partial charge in [0.15, 0.2) is 5.82 Å². The van der Waals surface area contributed by atoms with Gasteiger partial charge in [-0.25, -0.2) is 14.4 Å². The third-order valence-corrected chi connectivity index (χ3v) is 4.86. The molecule has 0 amide bonds. The zero-order valence-corrected chi connectivity index (χ0v) is 13.7. The van der Waals surface area contributed by atoms with Gasteiger partial charge in [0.2, 0.25) is 0 Å². The minimum atomic E-state index is -0.291. The Hall–Kier alpha value is -2.21. The van der Waals surface area contributed by atoms with Crippen LogP contribution in [0.25, 0.3) is 6.08 Å². The van der Waals surface area contributed by atoms with Crippen molar-refractivity contribution in [1.29, 1.82) is 0 Å². The van der Waals surface area contributed by atoms with Gasteiger partial charge in [-0.2, -0.15) is 0 Å². The molecule has 0 radical (unpaired) electrons. The summed E-state index contributed by atoms with van der Waals surface area (Å²) in [6.45, 7) is 8.43. The van der Waals surface area contributed by atoms with Crippen molar-refractivity contribution in [2.75, 3.05) is 38.6 Å². The number of aliphatic imine (C=N–C) groups is 1. The van der Waals surface area contributed by atoms with Crippen molar-refractivity contribution >= 4 is 17.6 Å². The van der Waals surface area contributed by atoms with Crippen LogP contribution < -0.4 is 4.90 Å². The predicted octanol–water partition coefficient (Wildman–Crippen LogP) is 1.84. The maximum Gasteiger partial charge on any atom is 0.168 e. The second-order valence-corrected chi connectivity index (χ2v) is 6.41. The molecule has 23 heavy (non-hydrogen) atoms. The third kappa shape index (κ3) is 2.01. The van der Waals surface area contributed by atoms with Gasteiger partial charge in [-0.15, -0.1) is 0 Å². The Labute approximate surface area is 135 Å². The number of halogens is 1. The fraction of sp³-hybridized carbons (Fsp3) is 0.412. The number of hydrogen-bond donors (Lipinski definition) is 0. The van der Waals surface area contributed by atoms with Gasteiger partial charge in [-0.05, 0) is 20.0 Å². The molecule has 1 aromatic heterocycles. The SMILES string of the molecule is C=C1N=C2c3c(nc(C)c(F)c3N1C)C=CC1CN(C)CCN21. The lowest BCUT2D eigenvalue weighted by Gasteiger charge is -2.42. The van der Waals surface area contributed by atoms with E-state index in [-0.39, 0.29) is 11.9 Å². The Morgan fingerprint density at radius 1 is 1.30 bits per heavy atom. The number of likely N-dealkylation sites (N-methyl/N-ethyl adjacent to an activating group) is 1. The quantitative estimate of drug-likeness (QED) is 0.732. The largest absolute Gasteiger partial charge is 0.347 e. The fourth-order valence-electron chi connectivity index (χ4n) is 3.52. The molecule has 1 fully saturated rings. The summed E-state index contributed by atoms with van der Waals surface area (Å²) in [6, 6.07) is 0.217. The standard InChI is InChI=1S/C17H20FN5/c1-10-15(18)16-14-13(19-10)6-5-12-9-21(3)7-8-23(12)17(14)20-11(2)22(16)4/h5-6,12H,2,7-9H2,1,3-4H3. The number of nitrogens with zero attached hydrogens (tertiary/aromatic N) is 5. The monoisotopic (exact) mass is 313 g/mol. The van der Waals surface area contributed by atoms with Crippen LogP contribution in [-0.4, -0.2) is 60.4 Å². The number of rotatable bonds is 0. The minimum absolute atomic E-state index is 0.217. The summed E-state index contributed by atoms with van der Waals surface area (Å²) < 4.78 is 14.8. The Kier molecular flexibility index (Phi) is 3.06. The molecule has 0 saturated carbocycles. The van der Waals surface area contributed by atoms with Crippen molar-refractivity contribution in [3.05, 3.63) is 41.2 Å². The second-order valence-electron chi connectivity index (χ2n) is 6.41. The molecule has 120 valence electrons. The molecule has 3 aliphatic rings. The van der Waals surface area contributed by atoms with Gasteiger partial charge in [0.1, 0.15) is 11.7 Å². The Morgan fingerprint density at radius 3 is 2.87 bits per heavy atom. The number of piperazine rings is 1. The number of pyridine rings is 1. The molecule has 0 aliphatic carbocycles. The first-order valence-electron chi connectivity index (χ1n) is 7.82. The van der Waals surface area contributed by atoms with Gasteiger partial charge in [-0.3, -0.25) is 0 Å². The molecular formula is C17H20FN5. The maximum atomic E-state index is 14.8. The van der Waals surface area contributed by atoms with Crippen molar-refractivity contribution in [3.63, 3.8) is 0 Å². The van der Waals surface area contributed by atoms with Crippen molar-refractivity contribution in [2.45, 2.75) is 13.0 Å². The van der Waals surface area contributed by atoms with Gasteiger partial charge in [-0.1, -0.05) is 12.7 Å². The molecule has 3 aliphatic heterocycles. The third-order valence-electron chi connectivity index (χ3n) is 4.86. The van der Waals surface area contributed by atoms with E-state index in [1.54, 1.807) is 18.9 Å². The predicted molar refractivity (Wildman–Crippen MR) is 90.0 cm³/mol. The van der Waals surface area contributed by atoms with Crippen LogP contribution in [0.15, 0.2) is 23.5 Å². The van der Waals surface area contributed by atoms with Crippen LogP contribution in [0.3, 0.4) is 0 Å². The van der Waals surface area contributed by atoms with Crippen LogP contribution in [0.2, 0.25) is 0 Å². The van der Waals surface area contributed by atoms with E-state index >= 15 is 0 Å². The summed E-state index contributed by atoms with van der Waals surface area (Å²) in [4.78, 5) is 15.4. The molecule has 0 bridgehead atoms. The van der Waals surface area contributed by atoms with E-state index < -0.39 is 0 Å². The van der Waals surface area contributed by atoms with E-state index in [1.807, 2.05) is 6.08 Å². The van der Waals surface area contributed by atoms with Crippen molar-refractivity contribution in [3.8, 4) is 0 Å². The van der Waals surface area contributed by atoms with Gasteiger partial charge in [0.25, 0.3) is 0 Å². The van der Waals surface area contributed by atoms with E-state index in [1.165, 1.54) is 0 Å². The van der Waals surface area contributed by atoms with E-state index in [4.69, 9.17) is 0 Å². The highest BCUT2D eigenvalue weighted by atomic mass is 19.1. The summed E-state index contributed by atoms with van der Waals surface area (Å²) in [5.41, 5.74) is 2.51. The highest BCUT2D eigenvalue weighted by Crippen LogP contribution is 2.37. The van der Waals surface area contributed by atoms with Crippen LogP contribution in [0.4, 0.5) is 10.1 Å². The van der Waals surface area contributed by atoms with Gasteiger partial charge >= 0.3 is 0 Å². The summed E-state index contributed by atoms with van der Waals surface area (Å²) in [5.74, 6) is 1.07. The summed E-state index contributed by atoms with van der Waals surface area (Å²) in [7, 11) is 3.92. The summed E-state index contributed by atoms with van der Waals surface area (Å²) in [6.07, 6.45) is 4.16. The highest BCUT2D eigenvalue weighted by Gasteiger charge is 2.36. The van der Waals surface area contributed by atoms with Crippen molar-refractivity contribution in [1.82, 2.24) is 14.8 Å². The normalized spacial score (nSPS) is 23.4. The fourth-order valence-corrected chi connectivity index (χ4v) is 3.52. The molecular weight excluding hydrogens is 293 g/mol. The molecule has 1 aromatic rings. The first kappa shape index (κ1) is 14.4. The van der Waals surface area contributed by atoms with E-state index in [0.29, 0.717) is 17.2 Å². The van der Waals surface area contributed by atoms with Crippen molar-refractivity contribution in [2.24, 2.45) is 4.99 Å². The average Bonchev–Trinajstić information content (AvgIpc) is 2.65. The number of hydrogen-bond acceptors (Lipinski definition) is 5. The van der Waals surface area contributed by atoms with Crippen LogP contribution in [-0.2, 0) is 0 Å². The molecule has 5 nitrogen and oxygen atoms in total. The zero-order chi connectivity index (χ0) is 16.3. The number of aryl methyl sites for hydroxylation is 1. The smallest absolute Gasteiger partial charge is 0.168 e. The number of anilines is 1. The van der Waals surface area contributed by atoms with E-state index in [0.717, 1.165) is 36.7 Å². The van der Waals surface area contributed by atoms with Crippen LogP contribution in [0.1, 0.15) is 17.0 Å². The lowest BCUT2D eigenvalue weighted by atomic mass is 10.0. The number of aromatic nitrogens is 1. The van der Waals surface area contributed by atoms with Crippen molar-refractivity contribution < 1.29 is 4.39 Å². The number of amidine groups is 1. The molecule has 6 heteroatoms. The minimum Gasteiger partial charge on any atom is -0.347 e. The lowest BCUT2D eigenvalue weighted by molar-refractivity contribution is 0.178. The topological polar surface area (TPSA) is 35.0 Å². The Balaban J connectivity index is 1.98. The van der Waals surface area contributed by atoms with E-state index in [9.17, 15) is 4.39 Å². The molecule has 1 saturated heterocycles. The molecule has 1 unspecified atom stereocenters. The van der Waals surface area contributed by atoms with Gasteiger partial charge in [0, 0.05) is 26.7 Å². The first-order chi connectivity index (χ1) is 11.0. The second kappa shape index (κ2) is 4.89. The number of fused-ring (bicyclic) bond motifs is 2. The molecule has 0 aromatic carbocycles. The molecule has 4 heterocycles. The van der Waals surface area contributed by atoms with Crippen LogP contribution >= 0.6 is 0 Å². The summed E-state index contributed by atoms with van der Waals surface area (Å²) >= 11 is 0. The molecule has 4 rings (SSSR count). The zero-order valence-electron chi connectivity index (χ0n) is 13.7. The average molecular weight is 313 g/mol. The highest BCUT2D eigenvalue weighted by molar-refractivity contribution is 6.09. The van der Waals surface area contributed by atoms with Crippen LogP contribution in [0, 0.1) is 12.7 Å². The molecule has 0 spiro atoms. The van der Waals surface area contributed by atoms with Crippen LogP contribution in [0.5, 0.6) is 0 Å². The first-order valence-corrected chi connectivity index (χ1v) is 7.82. The Bertz CT molecular complexity index is 767. The van der Waals surface area contributed by atoms with Gasteiger partial charge < -0.3 is 14.7 Å².